The van der Waals surface area contributed by atoms with Crippen molar-refractivity contribution in [2.75, 3.05) is 6.54 Å². The summed E-state index contributed by atoms with van der Waals surface area (Å²) in [5.74, 6) is -0.178. The molecule has 9 heteroatoms. The zero-order valence-corrected chi connectivity index (χ0v) is 16.0. The third-order valence-corrected chi connectivity index (χ3v) is 5.49. The number of fused-ring (bicyclic) bond motifs is 1. The van der Waals surface area contributed by atoms with Crippen LogP contribution < -0.4 is 16.5 Å². The van der Waals surface area contributed by atoms with Crippen LogP contribution in [0.2, 0.25) is 0 Å². The SMILES string of the molecule is C=C1NN=C(CN)c2cc(C3(C(=O)NCc4ccc(C(F)(F)F)cn4)CC3)ccc21. The fourth-order valence-corrected chi connectivity index (χ4v) is 3.56. The molecule has 2 aliphatic rings. The highest BCUT2D eigenvalue weighted by atomic mass is 19.4. The molecule has 1 fully saturated rings. The molecule has 1 aliphatic carbocycles. The number of rotatable bonds is 5. The van der Waals surface area contributed by atoms with E-state index in [0.29, 0.717) is 29.9 Å². The van der Waals surface area contributed by atoms with Gasteiger partial charge in [-0.25, -0.2) is 0 Å². The molecule has 4 N–H and O–H groups in total. The lowest BCUT2D eigenvalue weighted by atomic mass is 9.89. The number of carbonyl (C=O) groups excluding carboxylic acids is 1. The number of nitrogens with one attached hydrogen (secondary N) is 2. The van der Waals surface area contributed by atoms with Crippen LogP contribution in [-0.2, 0) is 22.9 Å². The minimum absolute atomic E-state index is 0.0555. The minimum Gasteiger partial charge on any atom is -0.350 e. The number of amides is 1. The van der Waals surface area contributed by atoms with Gasteiger partial charge in [0, 0.05) is 23.9 Å². The van der Waals surface area contributed by atoms with E-state index in [1.807, 2.05) is 18.2 Å². The van der Waals surface area contributed by atoms with Crippen LogP contribution in [0.15, 0.2) is 48.2 Å². The molecule has 1 saturated carbocycles. The molecule has 0 saturated heterocycles. The number of nitrogens with zero attached hydrogens (tertiary/aromatic N) is 2. The molecule has 1 aliphatic heterocycles. The van der Waals surface area contributed by atoms with Crippen molar-refractivity contribution in [2.24, 2.45) is 10.8 Å². The summed E-state index contributed by atoms with van der Waals surface area (Å²) in [7, 11) is 0. The van der Waals surface area contributed by atoms with Crippen LogP contribution in [0.1, 0.15) is 40.8 Å². The molecule has 30 heavy (non-hydrogen) atoms. The topological polar surface area (TPSA) is 92.4 Å². The van der Waals surface area contributed by atoms with Crippen molar-refractivity contribution in [1.29, 1.82) is 0 Å². The van der Waals surface area contributed by atoms with Crippen LogP contribution in [0.25, 0.3) is 5.70 Å². The normalized spacial score (nSPS) is 16.9. The maximum atomic E-state index is 12.9. The lowest BCUT2D eigenvalue weighted by Crippen LogP contribution is -2.35. The third kappa shape index (κ3) is 3.56. The van der Waals surface area contributed by atoms with E-state index >= 15 is 0 Å². The second-order valence-electron chi connectivity index (χ2n) is 7.41. The van der Waals surface area contributed by atoms with Crippen LogP contribution in [0.5, 0.6) is 0 Å². The van der Waals surface area contributed by atoms with Crippen molar-refractivity contribution in [3.63, 3.8) is 0 Å². The van der Waals surface area contributed by atoms with Crippen molar-refractivity contribution in [1.82, 2.24) is 15.7 Å². The molecule has 0 unspecified atom stereocenters. The number of pyridine rings is 1. The number of alkyl halides is 3. The first kappa shape index (κ1) is 20.1. The van der Waals surface area contributed by atoms with Gasteiger partial charge in [-0.2, -0.15) is 18.3 Å². The highest BCUT2D eigenvalue weighted by Gasteiger charge is 2.51. The Morgan fingerprint density at radius 3 is 2.60 bits per heavy atom. The van der Waals surface area contributed by atoms with Crippen LogP contribution in [0.3, 0.4) is 0 Å². The number of hydrogen-bond donors (Lipinski definition) is 3. The quantitative estimate of drug-likeness (QED) is 0.700. The van der Waals surface area contributed by atoms with Gasteiger partial charge in [0.15, 0.2) is 0 Å². The Labute approximate surface area is 171 Å². The van der Waals surface area contributed by atoms with E-state index in [0.717, 1.165) is 29.0 Å². The molecular formula is C21H20F3N5O. The van der Waals surface area contributed by atoms with Gasteiger partial charge in [0.25, 0.3) is 0 Å². The van der Waals surface area contributed by atoms with Crippen molar-refractivity contribution in [3.8, 4) is 0 Å². The highest BCUT2D eigenvalue weighted by Crippen LogP contribution is 2.49. The summed E-state index contributed by atoms with van der Waals surface area (Å²) < 4.78 is 37.9. The van der Waals surface area contributed by atoms with Crippen molar-refractivity contribution < 1.29 is 18.0 Å². The van der Waals surface area contributed by atoms with Gasteiger partial charge in [0.1, 0.15) is 0 Å². The summed E-state index contributed by atoms with van der Waals surface area (Å²) in [5, 5.41) is 7.02. The van der Waals surface area contributed by atoms with Crippen LogP contribution in [0.4, 0.5) is 13.2 Å². The maximum absolute atomic E-state index is 12.9. The largest absolute Gasteiger partial charge is 0.417 e. The van der Waals surface area contributed by atoms with Crippen molar-refractivity contribution in [2.45, 2.75) is 31.0 Å². The molecule has 1 amide bonds. The van der Waals surface area contributed by atoms with E-state index in [9.17, 15) is 18.0 Å². The molecule has 2 aromatic rings. The molecule has 156 valence electrons. The molecule has 4 rings (SSSR count). The first-order chi connectivity index (χ1) is 14.2. The number of nitrogens with two attached hydrogens (primary N) is 1. The first-order valence-corrected chi connectivity index (χ1v) is 9.42. The zero-order valence-electron chi connectivity index (χ0n) is 16.0. The summed E-state index contributed by atoms with van der Waals surface area (Å²) in [5.41, 5.74) is 11.5. The van der Waals surface area contributed by atoms with E-state index in [-0.39, 0.29) is 19.0 Å². The fraction of sp³-hybridized carbons (Fsp3) is 0.286. The first-order valence-electron chi connectivity index (χ1n) is 9.42. The maximum Gasteiger partial charge on any atom is 0.417 e. The second kappa shape index (κ2) is 7.24. The molecule has 0 radical (unpaired) electrons. The Balaban J connectivity index is 1.50. The molecule has 0 bridgehead atoms. The van der Waals surface area contributed by atoms with E-state index < -0.39 is 17.2 Å². The lowest BCUT2D eigenvalue weighted by molar-refractivity contribution is -0.137. The highest BCUT2D eigenvalue weighted by molar-refractivity contribution is 6.07. The predicted molar refractivity (Wildman–Crippen MR) is 106 cm³/mol. The summed E-state index contributed by atoms with van der Waals surface area (Å²) in [4.78, 5) is 16.7. The summed E-state index contributed by atoms with van der Waals surface area (Å²) in [6, 6.07) is 7.95. The average molecular weight is 415 g/mol. The van der Waals surface area contributed by atoms with Gasteiger partial charge in [0.2, 0.25) is 5.91 Å². The van der Waals surface area contributed by atoms with Gasteiger partial charge < -0.3 is 11.1 Å². The number of carbonyl (C=O) groups is 1. The Morgan fingerprint density at radius 2 is 2.00 bits per heavy atom. The second-order valence-corrected chi connectivity index (χ2v) is 7.41. The average Bonchev–Trinajstić information content (AvgIpc) is 3.54. The Bertz CT molecular complexity index is 1040. The van der Waals surface area contributed by atoms with Gasteiger partial charge in [-0.3, -0.25) is 15.2 Å². The van der Waals surface area contributed by atoms with Crippen molar-refractivity contribution in [3.05, 3.63) is 71.1 Å². The third-order valence-electron chi connectivity index (χ3n) is 5.49. The summed E-state index contributed by atoms with van der Waals surface area (Å²) in [6.07, 6.45) is -2.29. The molecule has 6 nitrogen and oxygen atoms in total. The molecular weight excluding hydrogens is 395 g/mol. The Kier molecular flexibility index (Phi) is 4.85. The molecule has 0 atom stereocenters. The summed E-state index contributed by atoms with van der Waals surface area (Å²) in [6.45, 7) is 4.24. The van der Waals surface area contributed by atoms with Gasteiger partial charge in [-0.15, -0.1) is 0 Å². The molecule has 0 spiro atoms. The molecule has 1 aromatic heterocycles. The van der Waals surface area contributed by atoms with Crippen molar-refractivity contribution >= 4 is 17.3 Å². The number of halogens is 3. The standard InChI is InChI=1S/C21H20F3N5O/c1-12-16-5-3-13(8-17(16)18(9-25)29-28-12)20(6-7-20)19(30)27-11-15-4-2-14(10-26-15)21(22,23)24/h2-5,8,10,28H,1,6-7,9,11,25H2,(H,27,30). The van der Waals surface area contributed by atoms with E-state index in [4.69, 9.17) is 5.73 Å². The number of hydrazone groups is 1. The van der Waals surface area contributed by atoms with Gasteiger partial charge in [-0.1, -0.05) is 18.7 Å². The van der Waals surface area contributed by atoms with Crippen LogP contribution in [0, 0.1) is 0 Å². The number of aromatic nitrogens is 1. The number of hydrogen-bond acceptors (Lipinski definition) is 5. The zero-order chi connectivity index (χ0) is 21.5. The van der Waals surface area contributed by atoms with Gasteiger partial charge in [-0.05, 0) is 36.6 Å². The Morgan fingerprint density at radius 1 is 1.23 bits per heavy atom. The fourth-order valence-electron chi connectivity index (χ4n) is 3.56. The summed E-state index contributed by atoms with van der Waals surface area (Å²) >= 11 is 0. The smallest absolute Gasteiger partial charge is 0.350 e. The minimum atomic E-state index is -4.44. The van der Waals surface area contributed by atoms with E-state index in [1.165, 1.54) is 6.07 Å². The predicted octanol–water partition coefficient (Wildman–Crippen LogP) is 2.69. The van der Waals surface area contributed by atoms with Gasteiger partial charge in [0.05, 0.1) is 34.6 Å². The molecule has 1 aromatic carbocycles. The lowest BCUT2D eigenvalue weighted by Gasteiger charge is -2.22. The number of benzene rings is 1. The van der Waals surface area contributed by atoms with E-state index in [2.05, 4.69) is 27.4 Å². The Hall–Kier alpha value is -3.20. The van der Waals surface area contributed by atoms with Gasteiger partial charge >= 0.3 is 6.18 Å². The van der Waals surface area contributed by atoms with E-state index in [1.54, 1.807) is 0 Å². The monoisotopic (exact) mass is 415 g/mol. The van der Waals surface area contributed by atoms with Crippen LogP contribution >= 0.6 is 0 Å². The molecule has 2 heterocycles. The van der Waals surface area contributed by atoms with Crippen LogP contribution in [-0.4, -0.2) is 23.1 Å².